The van der Waals surface area contributed by atoms with E-state index >= 15 is 0 Å². The topological polar surface area (TPSA) is 19.7 Å². The second kappa shape index (κ2) is 19.3. The monoisotopic (exact) mass is 1150 g/mol. The lowest BCUT2D eigenvalue weighted by atomic mass is 9.92. The number of nitrogens with zero attached hydrogens (tertiary/aromatic N) is 4. The Hall–Kier alpha value is -11.5. The van der Waals surface area contributed by atoms with Gasteiger partial charge in [0.1, 0.15) is 0 Å². The largest absolute Gasteiger partial charge is 0.309 e. The second-order valence-electron chi connectivity index (χ2n) is 23.9. The molecule has 0 saturated heterocycles. The molecule has 0 aliphatic rings. The highest BCUT2D eigenvalue weighted by Crippen LogP contribution is 2.45. The molecule has 0 spiro atoms. The number of fused-ring (bicyclic) bond motifs is 19. The minimum absolute atomic E-state index is 1.10. The standard InChI is InChI=1S/C84H54N4Si/c1-3-25-59(26-4-1)89(60-27-5-2-6-28-60,61-29-21-23-55(51-61)85-75-40-16-11-34-66(75)67-35-12-17-41-76(67)85)62-30-22-24-56(52-62)88-81-50-48-72-65-33-8-7-31-63(65)64-32-9-10-39-71(64)83(72)84(81)73-47-45-58(54-82(73)88)87-79-44-20-15-38-70(79)74-53-57(46-49-80(74)87)86-77-42-18-13-36-68(77)69-37-14-19-43-78(69)86/h1-54H. The Bertz CT molecular complexity index is 5940. The molecule has 4 nitrogen and oxygen atoms in total. The number of aromatic nitrogens is 4. The lowest BCUT2D eigenvalue weighted by Crippen LogP contribution is -2.74. The van der Waals surface area contributed by atoms with E-state index < -0.39 is 8.07 Å². The van der Waals surface area contributed by atoms with E-state index in [4.69, 9.17) is 0 Å². The Labute approximate surface area is 513 Å². The van der Waals surface area contributed by atoms with E-state index in [0.717, 1.165) is 33.8 Å². The molecule has 4 aromatic heterocycles. The second-order valence-corrected chi connectivity index (χ2v) is 27.7. The molecule has 0 unspecified atom stereocenters. The molecule has 15 aromatic carbocycles. The van der Waals surface area contributed by atoms with Gasteiger partial charge in [-0.1, -0.05) is 237 Å². The smallest absolute Gasteiger partial charge is 0.179 e. The molecule has 0 N–H and O–H groups in total. The first-order chi connectivity index (χ1) is 44.2. The first-order valence-electron chi connectivity index (χ1n) is 30.8. The van der Waals surface area contributed by atoms with Gasteiger partial charge in [-0.25, -0.2) is 0 Å². The van der Waals surface area contributed by atoms with Crippen LogP contribution in [0.15, 0.2) is 328 Å². The predicted molar refractivity (Wildman–Crippen MR) is 380 cm³/mol. The van der Waals surface area contributed by atoms with Crippen molar-refractivity contribution in [2.45, 2.75) is 0 Å². The predicted octanol–water partition coefficient (Wildman–Crippen LogP) is 18.9. The summed E-state index contributed by atoms with van der Waals surface area (Å²) in [6.45, 7) is 0. The van der Waals surface area contributed by atoms with Crippen LogP contribution in [0.5, 0.6) is 0 Å². The van der Waals surface area contributed by atoms with Crippen molar-refractivity contribution in [3.8, 4) is 22.7 Å². The van der Waals surface area contributed by atoms with E-state index in [9.17, 15) is 0 Å². The van der Waals surface area contributed by atoms with Gasteiger partial charge in [0.25, 0.3) is 0 Å². The first-order valence-corrected chi connectivity index (χ1v) is 32.8. The van der Waals surface area contributed by atoms with E-state index in [1.54, 1.807) is 0 Å². The molecular weight excluding hydrogens is 1090 g/mol. The van der Waals surface area contributed by atoms with Crippen LogP contribution in [0.25, 0.3) is 142 Å². The van der Waals surface area contributed by atoms with Crippen LogP contribution in [0.4, 0.5) is 0 Å². The molecule has 0 amide bonds. The zero-order chi connectivity index (χ0) is 58.3. The summed E-state index contributed by atoms with van der Waals surface area (Å²) in [4.78, 5) is 0. The van der Waals surface area contributed by atoms with Gasteiger partial charge < -0.3 is 18.3 Å². The normalized spacial score (nSPS) is 12.3. The molecule has 5 heteroatoms. The van der Waals surface area contributed by atoms with E-state index in [1.165, 1.54) is 129 Å². The molecule has 0 aliphatic heterocycles. The van der Waals surface area contributed by atoms with E-state index in [2.05, 4.69) is 346 Å². The average molecular weight is 1150 g/mol. The Balaban J connectivity index is 0.889. The first kappa shape index (κ1) is 49.7. The fourth-order valence-corrected chi connectivity index (χ4v) is 20.6. The maximum absolute atomic E-state index is 3.17. The molecule has 0 atom stereocenters. The highest BCUT2D eigenvalue weighted by atomic mass is 28.3. The van der Waals surface area contributed by atoms with Gasteiger partial charge in [0.15, 0.2) is 8.07 Å². The van der Waals surface area contributed by atoms with Crippen LogP contribution in [-0.4, -0.2) is 26.3 Å². The molecule has 89 heavy (non-hydrogen) atoms. The van der Waals surface area contributed by atoms with Gasteiger partial charge in [0.05, 0.1) is 44.1 Å². The van der Waals surface area contributed by atoms with Gasteiger partial charge in [-0.2, -0.15) is 0 Å². The van der Waals surface area contributed by atoms with Crippen LogP contribution in [0, 0.1) is 0 Å². The van der Waals surface area contributed by atoms with Crippen molar-refractivity contribution in [1.29, 1.82) is 0 Å². The molecule has 0 radical (unpaired) electrons. The number of benzene rings is 15. The summed E-state index contributed by atoms with van der Waals surface area (Å²) in [7, 11) is -3.17. The lowest BCUT2D eigenvalue weighted by molar-refractivity contribution is 1.15. The summed E-state index contributed by atoms with van der Waals surface area (Å²) in [5, 5.41) is 22.8. The number of hydrogen-bond donors (Lipinski definition) is 0. The Morgan fingerprint density at radius 3 is 0.955 bits per heavy atom. The molecule has 4 heterocycles. The third-order valence-corrected chi connectivity index (χ3v) is 24.2. The van der Waals surface area contributed by atoms with Crippen LogP contribution >= 0.6 is 0 Å². The van der Waals surface area contributed by atoms with Gasteiger partial charge in [0, 0.05) is 71.2 Å². The van der Waals surface area contributed by atoms with Gasteiger partial charge in [-0.3, -0.25) is 0 Å². The third kappa shape index (κ3) is 7.10. The SMILES string of the molecule is c1ccc([Si](c2ccccc2)(c2cccc(-n3c4ccccc4c4ccccc43)c2)c2cccc(-n3c4cc(-n5c6ccccc6c6cc(-n7c8ccccc8c8ccccc87)ccc65)ccc4c4c5c6ccccc6c6ccccc6c5ccc43)c2)cc1. The lowest BCUT2D eigenvalue weighted by Gasteiger charge is -2.35. The van der Waals surface area contributed by atoms with Gasteiger partial charge >= 0.3 is 0 Å². The maximum Gasteiger partial charge on any atom is 0.179 e. The van der Waals surface area contributed by atoms with Crippen molar-refractivity contribution in [3.63, 3.8) is 0 Å². The highest BCUT2D eigenvalue weighted by Gasteiger charge is 2.42. The molecule has 0 aliphatic carbocycles. The summed E-state index contributed by atoms with van der Waals surface area (Å²) in [6.07, 6.45) is 0. The number of hydrogen-bond acceptors (Lipinski definition) is 0. The van der Waals surface area contributed by atoms with Crippen molar-refractivity contribution >= 4 is 148 Å². The molecule has 0 bridgehead atoms. The maximum atomic E-state index is 2.58. The molecule has 0 fully saturated rings. The van der Waals surface area contributed by atoms with E-state index in [1.807, 2.05) is 0 Å². The fourth-order valence-electron chi connectivity index (χ4n) is 15.8. The van der Waals surface area contributed by atoms with Gasteiger partial charge in [-0.15, -0.1) is 0 Å². The van der Waals surface area contributed by atoms with Crippen molar-refractivity contribution in [2.75, 3.05) is 0 Å². The van der Waals surface area contributed by atoms with Crippen LogP contribution < -0.4 is 20.7 Å². The summed E-state index contributed by atoms with van der Waals surface area (Å²) < 4.78 is 9.97. The van der Waals surface area contributed by atoms with Crippen molar-refractivity contribution < 1.29 is 0 Å². The van der Waals surface area contributed by atoms with Crippen molar-refractivity contribution in [1.82, 2.24) is 18.3 Å². The van der Waals surface area contributed by atoms with Crippen LogP contribution in [0.2, 0.25) is 0 Å². The Kier molecular flexibility index (Phi) is 10.8. The average Bonchev–Trinajstić information content (AvgIpc) is 1.74. The van der Waals surface area contributed by atoms with Crippen LogP contribution in [-0.2, 0) is 0 Å². The van der Waals surface area contributed by atoms with Crippen molar-refractivity contribution in [2.24, 2.45) is 0 Å². The zero-order valence-corrected chi connectivity index (χ0v) is 49.5. The molecule has 19 rings (SSSR count). The summed E-state index contributed by atoms with van der Waals surface area (Å²) in [6, 6.07) is 123. The number of para-hydroxylation sites is 5. The van der Waals surface area contributed by atoms with Crippen LogP contribution in [0.3, 0.4) is 0 Å². The van der Waals surface area contributed by atoms with Gasteiger partial charge in [0.2, 0.25) is 0 Å². The van der Waals surface area contributed by atoms with Crippen molar-refractivity contribution in [3.05, 3.63) is 328 Å². The number of rotatable bonds is 8. The zero-order valence-electron chi connectivity index (χ0n) is 48.5. The molecule has 414 valence electrons. The molecule has 19 aromatic rings. The quantitative estimate of drug-likeness (QED) is 0.0821. The third-order valence-electron chi connectivity index (χ3n) is 19.4. The van der Waals surface area contributed by atoms with Crippen LogP contribution in [0.1, 0.15) is 0 Å². The van der Waals surface area contributed by atoms with Gasteiger partial charge in [-0.05, 0) is 139 Å². The van der Waals surface area contributed by atoms with E-state index in [-0.39, 0.29) is 0 Å². The highest BCUT2D eigenvalue weighted by molar-refractivity contribution is 7.20. The minimum Gasteiger partial charge on any atom is -0.309 e. The minimum atomic E-state index is -3.17. The molecular formula is C84H54N4Si. The summed E-state index contributed by atoms with van der Waals surface area (Å²) in [5.74, 6) is 0. The Morgan fingerprint density at radius 1 is 0.157 bits per heavy atom. The Morgan fingerprint density at radius 2 is 0.472 bits per heavy atom. The summed E-state index contributed by atoms with van der Waals surface area (Å²) >= 11 is 0. The van der Waals surface area contributed by atoms with E-state index in [0.29, 0.717) is 0 Å². The fraction of sp³-hybridized carbons (Fsp3) is 0. The summed E-state index contributed by atoms with van der Waals surface area (Å²) in [5.41, 5.74) is 13.9. The molecule has 0 saturated carbocycles.